The number of benzene rings is 1. The van der Waals surface area contributed by atoms with Crippen molar-refractivity contribution in [2.75, 3.05) is 44.2 Å². The lowest BCUT2D eigenvalue weighted by Gasteiger charge is -2.34. The van der Waals surface area contributed by atoms with Crippen LogP contribution in [0.2, 0.25) is 0 Å². The van der Waals surface area contributed by atoms with E-state index in [0.717, 1.165) is 0 Å². The van der Waals surface area contributed by atoms with Crippen LogP contribution in [0, 0.1) is 0 Å². The van der Waals surface area contributed by atoms with Gasteiger partial charge in [0.1, 0.15) is 4.99 Å². The zero-order valence-electron chi connectivity index (χ0n) is 14.5. The van der Waals surface area contributed by atoms with Crippen LogP contribution in [0.3, 0.4) is 0 Å². The van der Waals surface area contributed by atoms with Crippen LogP contribution < -0.4 is 10.6 Å². The summed E-state index contributed by atoms with van der Waals surface area (Å²) >= 11 is 4.91. The number of aliphatic carboxylic acids is 1. The maximum Gasteiger partial charge on any atom is 0.415 e. The summed E-state index contributed by atoms with van der Waals surface area (Å²) in [5.74, 6) is -1.16. The molecule has 0 saturated carbocycles. The summed E-state index contributed by atoms with van der Waals surface area (Å²) in [5.41, 5.74) is 6.85. The van der Waals surface area contributed by atoms with Gasteiger partial charge in [0, 0.05) is 37.4 Å². The number of hydrogen-bond donors (Lipinski definition) is 2. The second-order valence-corrected chi connectivity index (χ2v) is 6.83. The molecule has 2 aliphatic heterocycles. The highest BCUT2D eigenvalue weighted by Gasteiger charge is 2.39. The molecule has 2 amide bonds. The van der Waals surface area contributed by atoms with Gasteiger partial charge in [0.15, 0.2) is 6.10 Å². The molecule has 2 heterocycles. The lowest BCUT2D eigenvalue weighted by atomic mass is 10.2. The van der Waals surface area contributed by atoms with Gasteiger partial charge in [0.2, 0.25) is 0 Å². The number of hydrogen-bond acceptors (Lipinski definition) is 6. The van der Waals surface area contributed by atoms with Gasteiger partial charge in [0.05, 0.1) is 13.1 Å². The minimum absolute atomic E-state index is 0.0452. The van der Waals surface area contributed by atoms with Crippen molar-refractivity contribution in [2.24, 2.45) is 5.73 Å². The van der Waals surface area contributed by atoms with Gasteiger partial charge in [-0.15, -0.1) is 0 Å². The van der Waals surface area contributed by atoms with Crippen molar-refractivity contribution in [3.8, 4) is 0 Å². The highest BCUT2D eigenvalue weighted by atomic mass is 32.1. The van der Waals surface area contributed by atoms with E-state index in [9.17, 15) is 14.4 Å². The number of amides is 2. The average Bonchev–Trinajstić information content (AvgIpc) is 3.03. The number of carbonyl (C=O) groups is 3. The highest BCUT2D eigenvalue weighted by Crippen LogP contribution is 2.23. The van der Waals surface area contributed by atoms with Crippen LogP contribution in [0.5, 0.6) is 0 Å². The van der Waals surface area contributed by atoms with E-state index in [2.05, 4.69) is 0 Å². The van der Waals surface area contributed by atoms with Crippen molar-refractivity contribution in [1.82, 2.24) is 9.80 Å². The molecule has 3 rings (SSSR count). The lowest BCUT2D eigenvalue weighted by molar-refractivity contribution is -0.142. The van der Waals surface area contributed by atoms with Gasteiger partial charge in [-0.1, -0.05) is 12.2 Å². The van der Waals surface area contributed by atoms with E-state index in [-0.39, 0.29) is 24.0 Å². The maximum atomic E-state index is 12.6. The Morgan fingerprint density at radius 2 is 1.81 bits per heavy atom. The molecule has 0 radical (unpaired) electrons. The van der Waals surface area contributed by atoms with Crippen LogP contribution in [0.25, 0.3) is 0 Å². The summed E-state index contributed by atoms with van der Waals surface area (Å²) in [4.78, 5) is 40.6. The van der Waals surface area contributed by atoms with Crippen LogP contribution in [-0.4, -0.2) is 83.2 Å². The Morgan fingerprint density at radius 1 is 1.19 bits per heavy atom. The van der Waals surface area contributed by atoms with Crippen LogP contribution in [0.1, 0.15) is 5.56 Å². The molecule has 1 atom stereocenters. The van der Waals surface area contributed by atoms with Crippen molar-refractivity contribution in [2.45, 2.75) is 6.10 Å². The smallest absolute Gasteiger partial charge is 0.415 e. The van der Waals surface area contributed by atoms with Gasteiger partial charge in [-0.25, -0.2) is 4.79 Å². The van der Waals surface area contributed by atoms with E-state index in [1.807, 2.05) is 0 Å². The molecule has 1 aromatic rings. The maximum absolute atomic E-state index is 12.6. The summed E-state index contributed by atoms with van der Waals surface area (Å²) in [6.45, 7) is 1.84. The standard InChI is InChI=1S/C17H20N4O5S/c18-15(27)11-1-3-12(4-2-11)21-9-13(26-17(21)25)16(24)20-7-5-19(6-8-20)10-14(22)23/h1-4,13H,5-10H2,(H2,18,27)(H,22,23). The molecule has 0 bridgehead atoms. The fourth-order valence-electron chi connectivity index (χ4n) is 3.13. The summed E-state index contributed by atoms with van der Waals surface area (Å²) in [6, 6.07) is 6.82. The molecule has 2 saturated heterocycles. The van der Waals surface area contributed by atoms with Gasteiger partial charge < -0.3 is 20.5 Å². The Balaban J connectivity index is 1.59. The van der Waals surface area contributed by atoms with E-state index in [1.54, 1.807) is 34.1 Å². The van der Waals surface area contributed by atoms with Crippen LogP contribution in [-0.2, 0) is 14.3 Å². The van der Waals surface area contributed by atoms with E-state index in [1.165, 1.54) is 4.90 Å². The number of carboxylic acid groups (broad SMARTS) is 1. The van der Waals surface area contributed by atoms with Crippen molar-refractivity contribution in [3.63, 3.8) is 0 Å². The summed E-state index contributed by atoms with van der Waals surface area (Å²) < 4.78 is 5.25. The Kier molecular flexibility index (Phi) is 5.57. The zero-order valence-corrected chi connectivity index (χ0v) is 15.4. The number of nitrogens with zero attached hydrogens (tertiary/aromatic N) is 3. The number of carboxylic acids is 1. The monoisotopic (exact) mass is 392 g/mol. The molecular formula is C17H20N4O5S. The number of carbonyl (C=O) groups excluding carboxylic acids is 2. The van der Waals surface area contributed by atoms with Gasteiger partial charge in [-0.2, -0.15) is 0 Å². The predicted molar refractivity (Wildman–Crippen MR) is 101 cm³/mol. The fraction of sp³-hybridized carbons (Fsp3) is 0.412. The van der Waals surface area contributed by atoms with Crippen LogP contribution >= 0.6 is 12.2 Å². The molecule has 144 valence electrons. The van der Waals surface area contributed by atoms with Gasteiger partial charge in [0.25, 0.3) is 5.91 Å². The molecule has 2 aliphatic rings. The van der Waals surface area contributed by atoms with Crippen LogP contribution in [0.4, 0.5) is 10.5 Å². The van der Waals surface area contributed by atoms with Gasteiger partial charge in [-0.05, 0) is 24.3 Å². The molecule has 0 aliphatic carbocycles. The number of thiocarbonyl (C=S) groups is 1. The van der Waals surface area contributed by atoms with E-state index in [0.29, 0.717) is 37.4 Å². The van der Waals surface area contributed by atoms with E-state index < -0.39 is 18.2 Å². The molecule has 1 aromatic carbocycles. The van der Waals surface area contributed by atoms with Gasteiger partial charge >= 0.3 is 12.1 Å². The van der Waals surface area contributed by atoms with Crippen molar-refractivity contribution < 1.29 is 24.2 Å². The first-order valence-electron chi connectivity index (χ1n) is 8.46. The summed E-state index contributed by atoms with van der Waals surface area (Å²) in [5, 5.41) is 8.83. The van der Waals surface area contributed by atoms with Crippen molar-refractivity contribution in [3.05, 3.63) is 29.8 Å². The Morgan fingerprint density at radius 3 is 2.37 bits per heavy atom. The second kappa shape index (κ2) is 7.89. The first-order chi connectivity index (χ1) is 12.8. The lowest BCUT2D eigenvalue weighted by Crippen LogP contribution is -2.52. The number of rotatable bonds is 5. The molecule has 1 unspecified atom stereocenters. The van der Waals surface area contributed by atoms with E-state index >= 15 is 0 Å². The molecule has 0 spiro atoms. The Hall–Kier alpha value is -2.72. The fourth-order valence-corrected chi connectivity index (χ4v) is 3.27. The Bertz CT molecular complexity index is 761. The third kappa shape index (κ3) is 4.34. The second-order valence-electron chi connectivity index (χ2n) is 6.39. The highest BCUT2D eigenvalue weighted by molar-refractivity contribution is 7.80. The third-order valence-electron chi connectivity index (χ3n) is 4.59. The average molecular weight is 392 g/mol. The summed E-state index contributed by atoms with van der Waals surface area (Å²) in [6.07, 6.45) is -1.46. The topological polar surface area (TPSA) is 116 Å². The first-order valence-corrected chi connectivity index (χ1v) is 8.87. The Labute approximate surface area is 161 Å². The van der Waals surface area contributed by atoms with Crippen molar-refractivity contribution in [1.29, 1.82) is 0 Å². The SMILES string of the molecule is NC(=S)c1ccc(N2CC(C(=O)N3CCN(CC(=O)O)CC3)OC2=O)cc1. The quantitative estimate of drug-likeness (QED) is 0.666. The number of cyclic esters (lactones) is 1. The predicted octanol–water partition coefficient (Wildman–Crippen LogP) is -0.125. The number of ether oxygens (including phenoxy) is 1. The molecule has 27 heavy (non-hydrogen) atoms. The minimum atomic E-state index is -0.892. The molecule has 9 nitrogen and oxygen atoms in total. The van der Waals surface area contributed by atoms with Crippen LogP contribution in [0.15, 0.2) is 24.3 Å². The van der Waals surface area contributed by atoms with E-state index in [4.69, 9.17) is 27.8 Å². The number of anilines is 1. The van der Waals surface area contributed by atoms with Gasteiger partial charge in [-0.3, -0.25) is 19.4 Å². The zero-order chi connectivity index (χ0) is 19.6. The number of piperazine rings is 1. The number of nitrogens with two attached hydrogens (primary N) is 1. The minimum Gasteiger partial charge on any atom is -0.480 e. The molecule has 2 fully saturated rings. The molecule has 3 N–H and O–H groups in total. The van der Waals surface area contributed by atoms with Crippen molar-refractivity contribution >= 4 is 40.9 Å². The molecular weight excluding hydrogens is 372 g/mol. The molecule has 10 heteroatoms. The molecule has 0 aromatic heterocycles. The normalized spacial score (nSPS) is 20.4. The largest absolute Gasteiger partial charge is 0.480 e. The first kappa shape index (κ1) is 19.1. The summed E-state index contributed by atoms with van der Waals surface area (Å²) in [7, 11) is 0. The third-order valence-corrected chi connectivity index (χ3v) is 4.83.